The molecule has 4 nitrogen and oxygen atoms in total. The highest BCUT2D eigenvalue weighted by molar-refractivity contribution is 7.04. The van der Waals surface area contributed by atoms with Crippen LogP contribution in [0.15, 0.2) is 40.5 Å². The number of aromatic nitrogens is 1. The molecule has 1 aliphatic heterocycles. The van der Waals surface area contributed by atoms with Crippen LogP contribution >= 0.6 is 11.5 Å². The Labute approximate surface area is 109 Å². The summed E-state index contributed by atoms with van der Waals surface area (Å²) in [7, 11) is 0. The summed E-state index contributed by atoms with van der Waals surface area (Å²) in [6.07, 6.45) is 0. The zero-order valence-electron chi connectivity index (χ0n) is 9.91. The molecular formula is C13H14N2O2S. The molecule has 1 aromatic heterocycles. The number of nitrogens with zero attached hydrogens (tertiary/aromatic N) is 2. The quantitative estimate of drug-likeness (QED) is 0.826. The lowest BCUT2D eigenvalue weighted by molar-refractivity contribution is 0.122. The van der Waals surface area contributed by atoms with Gasteiger partial charge in [0, 0.05) is 30.2 Å². The van der Waals surface area contributed by atoms with Crippen molar-refractivity contribution >= 4 is 17.2 Å². The minimum Gasteiger partial charge on any atom is -0.378 e. The lowest BCUT2D eigenvalue weighted by Gasteiger charge is -2.28. The lowest BCUT2D eigenvalue weighted by Crippen LogP contribution is -2.36. The Hall–Kier alpha value is -1.59. The minimum absolute atomic E-state index is 0.0270. The molecule has 1 saturated heterocycles. The smallest absolute Gasteiger partial charge is 0.265 e. The second-order valence-electron chi connectivity index (χ2n) is 4.16. The van der Waals surface area contributed by atoms with Crippen LogP contribution in [0.4, 0.5) is 5.69 Å². The molecule has 5 heteroatoms. The lowest BCUT2D eigenvalue weighted by atomic mass is 10.2. The van der Waals surface area contributed by atoms with E-state index in [0.29, 0.717) is 0 Å². The molecule has 0 saturated carbocycles. The maximum absolute atomic E-state index is 11.6. The molecule has 0 atom stereocenters. The molecule has 0 aliphatic carbocycles. The molecule has 0 spiro atoms. The fourth-order valence-electron chi connectivity index (χ4n) is 2.08. The van der Waals surface area contributed by atoms with Gasteiger partial charge in [-0.1, -0.05) is 11.5 Å². The van der Waals surface area contributed by atoms with Crippen molar-refractivity contribution in [3.8, 4) is 5.69 Å². The highest BCUT2D eigenvalue weighted by Crippen LogP contribution is 2.18. The highest BCUT2D eigenvalue weighted by atomic mass is 32.1. The van der Waals surface area contributed by atoms with Crippen LogP contribution in [0.3, 0.4) is 0 Å². The standard InChI is InChI=1S/C13H14N2O2S/c16-13-5-10-18-15(13)12-3-1-11(2-4-12)14-6-8-17-9-7-14/h1-5,10H,6-9H2. The van der Waals surface area contributed by atoms with Gasteiger partial charge in [-0.15, -0.1) is 0 Å². The molecule has 0 N–H and O–H groups in total. The Kier molecular flexibility index (Phi) is 3.17. The van der Waals surface area contributed by atoms with Crippen LogP contribution in [-0.2, 0) is 4.74 Å². The molecule has 3 rings (SSSR count). The predicted molar refractivity (Wildman–Crippen MR) is 72.9 cm³/mol. The molecule has 0 amide bonds. The average Bonchev–Trinajstić information content (AvgIpc) is 2.86. The van der Waals surface area contributed by atoms with Crippen molar-refractivity contribution in [2.24, 2.45) is 0 Å². The first-order chi connectivity index (χ1) is 8.84. The number of anilines is 1. The number of hydrogen-bond donors (Lipinski definition) is 0. The van der Waals surface area contributed by atoms with Gasteiger partial charge in [-0.2, -0.15) is 0 Å². The van der Waals surface area contributed by atoms with Crippen molar-refractivity contribution in [3.63, 3.8) is 0 Å². The molecule has 0 bridgehead atoms. The van der Waals surface area contributed by atoms with E-state index in [-0.39, 0.29) is 5.56 Å². The zero-order chi connectivity index (χ0) is 12.4. The summed E-state index contributed by atoms with van der Waals surface area (Å²) in [6.45, 7) is 3.43. The van der Waals surface area contributed by atoms with Gasteiger partial charge in [0.2, 0.25) is 0 Å². The summed E-state index contributed by atoms with van der Waals surface area (Å²) in [4.78, 5) is 13.8. The normalized spacial score (nSPS) is 15.9. The summed E-state index contributed by atoms with van der Waals surface area (Å²) in [5.41, 5.74) is 2.14. The number of rotatable bonds is 2. The van der Waals surface area contributed by atoms with Gasteiger partial charge >= 0.3 is 0 Å². The maximum Gasteiger partial charge on any atom is 0.265 e. The van der Waals surface area contributed by atoms with Crippen LogP contribution in [0.25, 0.3) is 5.69 Å². The fraction of sp³-hybridized carbons (Fsp3) is 0.308. The summed E-state index contributed by atoms with van der Waals surface area (Å²) in [6, 6.07) is 9.69. The Balaban J connectivity index is 1.85. The number of benzene rings is 1. The van der Waals surface area contributed by atoms with Crippen molar-refractivity contribution in [2.75, 3.05) is 31.2 Å². The summed E-state index contributed by atoms with van der Waals surface area (Å²) in [5.74, 6) is 0. The van der Waals surface area contributed by atoms with E-state index < -0.39 is 0 Å². The van der Waals surface area contributed by atoms with Crippen LogP contribution in [0.2, 0.25) is 0 Å². The van der Waals surface area contributed by atoms with Crippen molar-refractivity contribution in [1.29, 1.82) is 0 Å². The Morgan fingerprint density at radius 3 is 2.28 bits per heavy atom. The van der Waals surface area contributed by atoms with E-state index in [1.807, 2.05) is 12.1 Å². The second kappa shape index (κ2) is 4.96. The van der Waals surface area contributed by atoms with Gasteiger partial charge in [0.15, 0.2) is 0 Å². The maximum atomic E-state index is 11.6. The van der Waals surface area contributed by atoms with E-state index in [9.17, 15) is 4.79 Å². The third kappa shape index (κ3) is 2.19. The monoisotopic (exact) mass is 262 g/mol. The SMILES string of the molecule is O=c1ccsn1-c1ccc(N2CCOCC2)cc1. The molecule has 1 fully saturated rings. The van der Waals surface area contributed by atoms with Crippen LogP contribution in [0, 0.1) is 0 Å². The topological polar surface area (TPSA) is 34.5 Å². The Morgan fingerprint density at radius 1 is 1.00 bits per heavy atom. The predicted octanol–water partition coefficient (Wildman–Crippen LogP) is 1.74. The molecular weight excluding hydrogens is 248 g/mol. The van der Waals surface area contributed by atoms with Gasteiger partial charge in [0.05, 0.1) is 18.9 Å². The van der Waals surface area contributed by atoms with Crippen molar-refractivity contribution in [2.45, 2.75) is 0 Å². The zero-order valence-corrected chi connectivity index (χ0v) is 10.7. The average molecular weight is 262 g/mol. The molecule has 0 unspecified atom stereocenters. The first-order valence-electron chi connectivity index (χ1n) is 5.95. The second-order valence-corrected chi connectivity index (χ2v) is 5.00. The molecule has 2 heterocycles. The summed E-state index contributed by atoms with van der Waals surface area (Å²) >= 11 is 1.41. The van der Waals surface area contributed by atoms with Gasteiger partial charge < -0.3 is 9.64 Å². The number of hydrogen-bond acceptors (Lipinski definition) is 4. The third-order valence-corrected chi connectivity index (χ3v) is 3.90. The molecule has 1 aliphatic rings. The van der Waals surface area contributed by atoms with Crippen LogP contribution in [-0.4, -0.2) is 30.3 Å². The van der Waals surface area contributed by atoms with E-state index in [1.165, 1.54) is 17.2 Å². The van der Waals surface area contributed by atoms with E-state index in [4.69, 9.17) is 4.74 Å². The Morgan fingerprint density at radius 2 is 1.67 bits per heavy atom. The van der Waals surface area contributed by atoms with Crippen molar-refractivity contribution in [1.82, 2.24) is 3.96 Å². The number of morpholine rings is 1. The van der Waals surface area contributed by atoms with Gasteiger partial charge in [-0.25, -0.2) is 3.96 Å². The molecule has 94 valence electrons. The summed E-state index contributed by atoms with van der Waals surface area (Å²) < 4.78 is 7.02. The van der Waals surface area contributed by atoms with E-state index >= 15 is 0 Å². The van der Waals surface area contributed by atoms with Gasteiger partial charge in [-0.05, 0) is 24.3 Å². The molecule has 1 aromatic carbocycles. The van der Waals surface area contributed by atoms with E-state index in [2.05, 4.69) is 17.0 Å². The first kappa shape index (κ1) is 11.5. The van der Waals surface area contributed by atoms with Crippen molar-refractivity contribution in [3.05, 3.63) is 46.1 Å². The number of ether oxygens (including phenoxy) is 1. The van der Waals surface area contributed by atoms with E-state index in [1.54, 1.807) is 15.4 Å². The van der Waals surface area contributed by atoms with Crippen molar-refractivity contribution < 1.29 is 4.74 Å². The van der Waals surface area contributed by atoms with Gasteiger partial charge in [0.25, 0.3) is 5.56 Å². The molecule has 18 heavy (non-hydrogen) atoms. The van der Waals surface area contributed by atoms with Crippen LogP contribution in [0.5, 0.6) is 0 Å². The van der Waals surface area contributed by atoms with Crippen LogP contribution < -0.4 is 10.5 Å². The van der Waals surface area contributed by atoms with Gasteiger partial charge in [-0.3, -0.25) is 4.79 Å². The summed E-state index contributed by atoms with van der Waals surface area (Å²) in [5, 5.41) is 1.80. The van der Waals surface area contributed by atoms with Gasteiger partial charge in [0.1, 0.15) is 0 Å². The highest BCUT2D eigenvalue weighted by Gasteiger charge is 2.11. The van der Waals surface area contributed by atoms with Crippen LogP contribution in [0.1, 0.15) is 0 Å². The fourth-order valence-corrected chi connectivity index (χ4v) is 2.78. The third-order valence-electron chi connectivity index (χ3n) is 3.04. The molecule has 2 aromatic rings. The minimum atomic E-state index is 0.0270. The Bertz CT molecular complexity index is 567. The first-order valence-corrected chi connectivity index (χ1v) is 6.78. The van der Waals surface area contributed by atoms with E-state index in [0.717, 1.165) is 32.0 Å². The molecule has 0 radical (unpaired) electrons. The largest absolute Gasteiger partial charge is 0.378 e.